The second kappa shape index (κ2) is 9.17. The summed E-state index contributed by atoms with van der Waals surface area (Å²) >= 11 is 0. The van der Waals surface area contributed by atoms with Crippen LogP contribution >= 0.6 is 0 Å². The predicted molar refractivity (Wildman–Crippen MR) is 125 cm³/mol. The molecule has 0 aliphatic carbocycles. The number of nitrogens with zero attached hydrogens (tertiary/aromatic N) is 2. The number of urea groups is 1. The lowest BCUT2D eigenvalue weighted by molar-refractivity contribution is -0.133. The second-order valence-electron chi connectivity index (χ2n) is 8.33. The molecule has 4 nitrogen and oxygen atoms in total. The molecule has 3 rings (SSSR count). The molecule has 0 bridgehead atoms. The summed E-state index contributed by atoms with van der Waals surface area (Å²) < 4.78 is 2.11. The number of imide groups is 1. The average Bonchev–Trinajstić information content (AvgIpc) is 2.99. The smallest absolute Gasteiger partial charge is 0.319 e. The molecule has 0 N–H and O–H groups in total. The van der Waals surface area contributed by atoms with Crippen LogP contribution in [0.15, 0.2) is 60.7 Å². The Labute approximate surface area is 182 Å². The zero-order valence-electron chi connectivity index (χ0n) is 18.7. The molecular weight excluding hydrogens is 388 g/mol. The minimum Gasteiger partial charge on any atom is -0.337 e. The van der Waals surface area contributed by atoms with Crippen LogP contribution < -0.4 is 0 Å². The van der Waals surface area contributed by atoms with Gasteiger partial charge in [-0.3, -0.25) is 9.69 Å². The van der Waals surface area contributed by atoms with Crippen LogP contribution in [0.4, 0.5) is 4.79 Å². The van der Waals surface area contributed by atoms with E-state index in [9.17, 15) is 9.59 Å². The molecular formula is C25H34N2O2Si. The van der Waals surface area contributed by atoms with Crippen molar-refractivity contribution in [1.29, 1.82) is 0 Å². The van der Waals surface area contributed by atoms with Gasteiger partial charge in [0.05, 0.1) is 6.54 Å². The van der Waals surface area contributed by atoms with Gasteiger partial charge in [-0.15, -0.1) is 0 Å². The van der Waals surface area contributed by atoms with E-state index < -0.39 is 13.8 Å². The summed E-state index contributed by atoms with van der Waals surface area (Å²) in [7, 11) is -2.14. The van der Waals surface area contributed by atoms with Gasteiger partial charge in [-0.05, 0) is 35.7 Å². The number of hydrogen-bond donors (Lipinski definition) is 0. The molecule has 1 fully saturated rings. The van der Waals surface area contributed by atoms with Crippen molar-refractivity contribution in [3.63, 3.8) is 0 Å². The standard InChI is InChI=1S/C25H34N2O2Si/c1-5-25(19-21-15-11-9-12-16-21)23(28)26(20-22-17-13-10-14-18-22)24(29)27(25)30(6-2,7-3)8-4/h9-18H,5-8,19-20H2,1-4H3. The van der Waals surface area contributed by atoms with Gasteiger partial charge in [-0.25, -0.2) is 4.79 Å². The molecule has 2 aromatic carbocycles. The molecule has 160 valence electrons. The third-order valence-corrected chi connectivity index (χ3v) is 12.6. The quantitative estimate of drug-likeness (QED) is 0.376. The fraction of sp³-hybridized carbons (Fsp3) is 0.440. The Morgan fingerprint density at radius 1 is 0.767 bits per heavy atom. The SMILES string of the molecule is CCC1(Cc2ccccc2)C(=O)N(Cc2ccccc2)C(=O)N1[Si](CC)(CC)CC. The number of hydrogen-bond acceptors (Lipinski definition) is 2. The molecule has 1 saturated heterocycles. The maximum atomic E-state index is 14.0. The highest BCUT2D eigenvalue weighted by Crippen LogP contribution is 2.42. The highest BCUT2D eigenvalue weighted by Gasteiger charge is 2.61. The van der Waals surface area contributed by atoms with E-state index in [4.69, 9.17) is 0 Å². The second-order valence-corrected chi connectivity index (χ2v) is 13.3. The highest BCUT2D eigenvalue weighted by molar-refractivity contribution is 6.79. The van der Waals surface area contributed by atoms with Gasteiger partial charge in [-0.2, -0.15) is 0 Å². The van der Waals surface area contributed by atoms with Crippen LogP contribution in [0.25, 0.3) is 0 Å². The number of rotatable bonds is 9. The minimum atomic E-state index is -2.14. The van der Waals surface area contributed by atoms with Gasteiger partial charge in [0.1, 0.15) is 5.54 Å². The summed E-state index contributed by atoms with van der Waals surface area (Å²) in [4.78, 5) is 29.4. The van der Waals surface area contributed by atoms with Gasteiger partial charge in [-0.1, -0.05) is 88.4 Å². The van der Waals surface area contributed by atoms with Crippen LogP contribution in [0.1, 0.15) is 45.2 Å². The molecule has 0 spiro atoms. The lowest BCUT2D eigenvalue weighted by Crippen LogP contribution is -2.64. The first-order valence-corrected chi connectivity index (χ1v) is 13.8. The summed E-state index contributed by atoms with van der Waals surface area (Å²) in [5, 5.41) is 0. The Hall–Kier alpha value is -2.40. The predicted octanol–water partition coefficient (Wildman–Crippen LogP) is 5.85. The van der Waals surface area contributed by atoms with E-state index in [1.807, 2.05) is 48.5 Å². The Kier molecular flexibility index (Phi) is 6.81. The fourth-order valence-electron chi connectivity index (χ4n) is 5.05. The van der Waals surface area contributed by atoms with Gasteiger partial charge >= 0.3 is 6.03 Å². The number of carbonyl (C=O) groups excluding carboxylic acids is 2. The zero-order chi connectivity index (χ0) is 21.8. The zero-order valence-corrected chi connectivity index (χ0v) is 19.7. The fourth-order valence-corrected chi connectivity index (χ4v) is 9.26. The van der Waals surface area contributed by atoms with E-state index in [1.165, 1.54) is 4.90 Å². The molecule has 0 saturated carbocycles. The van der Waals surface area contributed by atoms with Crippen molar-refractivity contribution in [1.82, 2.24) is 9.47 Å². The van der Waals surface area contributed by atoms with Crippen molar-refractivity contribution in [2.24, 2.45) is 0 Å². The van der Waals surface area contributed by atoms with Crippen LogP contribution in [0.3, 0.4) is 0 Å². The van der Waals surface area contributed by atoms with Gasteiger partial charge in [0.15, 0.2) is 8.24 Å². The van der Waals surface area contributed by atoms with Crippen molar-refractivity contribution in [2.75, 3.05) is 0 Å². The van der Waals surface area contributed by atoms with E-state index in [0.717, 1.165) is 29.3 Å². The van der Waals surface area contributed by atoms with Crippen molar-refractivity contribution in [3.05, 3.63) is 71.8 Å². The first-order chi connectivity index (χ1) is 14.5. The lowest BCUT2D eigenvalue weighted by Gasteiger charge is -2.47. The van der Waals surface area contributed by atoms with Gasteiger partial charge in [0.25, 0.3) is 5.91 Å². The third-order valence-electron chi connectivity index (χ3n) is 7.05. The molecule has 1 aliphatic heterocycles. The maximum absolute atomic E-state index is 14.0. The Bertz CT molecular complexity index is 859. The average molecular weight is 423 g/mol. The largest absolute Gasteiger partial charge is 0.337 e. The van der Waals surface area contributed by atoms with Gasteiger partial charge in [0.2, 0.25) is 0 Å². The molecule has 1 atom stereocenters. The first-order valence-electron chi connectivity index (χ1n) is 11.2. The van der Waals surface area contributed by atoms with Crippen LogP contribution in [-0.2, 0) is 17.8 Å². The normalized spacial score (nSPS) is 19.6. The van der Waals surface area contributed by atoms with E-state index in [1.54, 1.807) is 0 Å². The van der Waals surface area contributed by atoms with Crippen LogP contribution in [-0.4, -0.2) is 35.2 Å². The Balaban J connectivity index is 2.11. The van der Waals surface area contributed by atoms with Crippen molar-refractivity contribution in [2.45, 2.75) is 70.8 Å². The van der Waals surface area contributed by atoms with E-state index in [-0.39, 0.29) is 11.9 Å². The lowest BCUT2D eigenvalue weighted by atomic mass is 9.88. The molecule has 0 radical (unpaired) electrons. The van der Waals surface area contributed by atoms with Crippen LogP contribution in [0, 0.1) is 0 Å². The topological polar surface area (TPSA) is 40.6 Å². The molecule has 1 unspecified atom stereocenters. The highest BCUT2D eigenvalue weighted by atomic mass is 28.3. The summed E-state index contributed by atoms with van der Waals surface area (Å²) in [6.07, 6.45) is 1.21. The number of benzene rings is 2. The van der Waals surface area contributed by atoms with Crippen molar-refractivity contribution >= 4 is 20.2 Å². The molecule has 2 aromatic rings. The Morgan fingerprint density at radius 2 is 1.27 bits per heavy atom. The summed E-state index contributed by atoms with van der Waals surface area (Å²) in [6.45, 7) is 8.99. The van der Waals surface area contributed by atoms with E-state index >= 15 is 0 Å². The van der Waals surface area contributed by atoms with Crippen LogP contribution in [0.5, 0.6) is 0 Å². The number of amides is 3. The molecule has 5 heteroatoms. The first kappa shape index (κ1) is 22.3. The van der Waals surface area contributed by atoms with Gasteiger partial charge in [0, 0.05) is 6.42 Å². The monoisotopic (exact) mass is 422 g/mol. The molecule has 30 heavy (non-hydrogen) atoms. The molecule has 1 heterocycles. The Morgan fingerprint density at radius 3 is 1.73 bits per heavy atom. The van der Waals surface area contributed by atoms with E-state index in [0.29, 0.717) is 19.4 Å². The van der Waals surface area contributed by atoms with Gasteiger partial charge < -0.3 is 4.57 Å². The summed E-state index contributed by atoms with van der Waals surface area (Å²) in [5.41, 5.74) is 1.31. The van der Waals surface area contributed by atoms with Crippen LogP contribution in [0.2, 0.25) is 18.1 Å². The molecule has 1 aliphatic rings. The third kappa shape index (κ3) is 3.71. The molecule has 3 amide bonds. The minimum absolute atomic E-state index is 0.0325. The van der Waals surface area contributed by atoms with Crippen molar-refractivity contribution in [3.8, 4) is 0 Å². The van der Waals surface area contributed by atoms with E-state index in [2.05, 4.69) is 44.4 Å². The number of carbonyl (C=O) groups is 2. The maximum Gasteiger partial charge on any atom is 0.319 e. The summed E-state index contributed by atoms with van der Waals surface area (Å²) in [6, 6.07) is 22.8. The molecule has 0 aromatic heterocycles. The van der Waals surface area contributed by atoms with Crippen molar-refractivity contribution < 1.29 is 9.59 Å². The summed E-state index contributed by atoms with van der Waals surface area (Å²) in [5.74, 6) is -0.0325.